The van der Waals surface area contributed by atoms with Gasteiger partial charge in [-0.1, -0.05) is 18.3 Å². The van der Waals surface area contributed by atoms with Gasteiger partial charge in [0.2, 0.25) is 10.1 Å². The first kappa shape index (κ1) is 15.6. The van der Waals surface area contributed by atoms with Crippen molar-refractivity contribution in [2.45, 2.75) is 32.0 Å². The third-order valence-corrected chi connectivity index (χ3v) is 3.01. The Morgan fingerprint density at radius 1 is 1.47 bits per heavy atom. The molecule has 6 nitrogen and oxygen atoms in total. The van der Waals surface area contributed by atoms with E-state index >= 15 is 0 Å². The number of urea groups is 1. The molecule has 0 fully saturated rings. The highest BCUT2D eigenvalue weighted by molar-refractivity contribution is 7.15. The minimum Gasteiger partial charge on any atom is -0.393 e. The number of alkyl halides is 3. The summed E-state index contributed by atoms with van der Waals surface area (Å²) in [5.74, 6) is 0. The molecule has 0 aliphatic rings. The van der Waals surface area contributed by atoms with Crippen molar-refractivity contribution in [2.24, 2.45) is 0 Å². The fourth-order valence-electron chi connectivity index (χ4n) is 1.09. The lowest BCUT2D eigenvalue weighted by Crippen LogP contribution is -2.31. The monoisotopic (exact) mass is 298 g/mol. The first-order valence-corrected chi connectivity index (χ1v) is 6.28. The molecule has 108 valence electrons. The van der Waals surface area contributed by atoms with Crippen molar-refractivity contribution in [1.82, 2.24) is 15.5 Å². The standard InChI is InChI=1S/C9H13F3N4O2S/c1-2-5(17)3-4-13-7(18)14-8-16-15-6(19-8)9(10,11)12/h5,17H,2-4H2,1H3,(H2,13,14,16,18). The van der Waals surface area contributed by atoms with Crippen LogP contribution >= 0.6 is 11.3 Å². The Hall–Kier alpha value is -1.42. The van der Waals surface area contributed by atoms with Crippen molar-refractivity contribution in [3.63, 3.8) is 0 Å². The third-order valence-electron chi connectivity index (χ3n) is 2.12. The van der Waals surface area contributed by atoms with E-state index in [2.05, 4.69) is 20.8 Å². The highest BCUT2D eigenvalue weighted by atomic mass is 32.1. The molecule has 0 aliphatic heterocycles. The lowest BCUT2D eigenvalue weighted by Gasteiger charge is -2.08. The number of nitrogens with one attached hydrogen (secondary N) is 2. The van der Waals surface area contributed by atoms with Crippen LogP contribution in [0.3, 0.4) is 0 Å². The van der Waals surface area contributed by atoms with Gasteiger partial charge < -0.3 is 10.4 Å². The second kappa shape index (κ2) is 6.66. The normalized spacial score (nSPS) is 13.1. The van der Waals surface area contributed by atoms with Crippen molar-refractivity contribution in [2.75, 3.05) is 11.9 Å². The van der Waals surface area contributed by atoms with Crippen LogP contribution in [-0.2, 0) is 6.18 Å². The molecule has 1 heterocycles. The maximum atomic E-state index is 12.2. The summed E-state index contributed by atoms with van der Waals surface area (Å²) in [4.78, 5) is 11.3. The number of halogens is 3. The molecule has 19 heavy (non-hydrogen) atoms. The van der Waals surface area contributed by atoms with E-state index in [9.17, 15) is 23.1 Å². The molecule has 0 bridgehead atoms. The number of aliphatic hydroxyl groups excluding tert-OH is 1. The molecule has 1 aromatic rings. The Morgan fingerprint density at radius 2 is 2.16 bits per heavy atom. The van der Waals surface area contributed by atoms with Gasteiger partial charge in [0.15, 0.2) is 0 Å². The second-order valence-electron chi connectivity index (χ2n) is 3.64. The summed E-state index contributed by atoms with van der Waals surface area (Å²) < 4.78 is 36.7. The first-order chi connectivity index (χ1) is 8.82. The maximum Gasteiger partial charge on any atom is 0.445 e. The molecule has 0 aliphatic carbocycles. The average molecular weight is 298 g/mol. The zero-order valence-electron chi connectivity index (χ0n) is 9.99. The molecular formula is C9H13F3N4O2S. The molecule has 1 aromatic heterocycles. The highest BCUT2D eigenvalue weighted by Crippen LogP contribution is 2.32. The Bertz CT molecular complexity index is 424. The number of hydrogen-bond acceptors (Lipinski definition) is 5. The zero-order valence-corrected chi connectivity index (χ0v) is 10.8. The van der Waals surface area contributed by atoms with Crippen molar-refractivity contribution < 1.29 is 23.1 Å². The molecular weight excluding hydrogens is 285 g/mol. The van der Waals surface area contributed by atoms with Crippen LogP contribution < -0.4 is 10.6 Å². The molecule has 0 aromatic carbocycles. The van der Waals surface area contributed by atoms with Crippen LogP contribution in [0.4, 0.5) is 23.1 Å². The van der Waals surface area contributed by atoms with Crippen LogP contribution in [0.1, 0.15) is 24.8 Å². The smallest absolute Gasteiger partial charge is 0.393 e. The summed E-state index contributed by atoms with van der Waals surface area (Å²) in [5, 5.41) is 18.5. The Morgan fingerprint density at radius 3 is 2.68 bits per heavy atom. The SMILES string of the molecule is CCC(O)CCNC(=O)Nc1nnc(C(F)(F)F)s1. The van der Waals surface area contributed by atoms with Gasteiger partial charge in [-0.3, -0.25) is 5.32 Å². The topological polar surface area (TPSA) is 87.1 Å². The number of amides is 2. The fourth-order valence-corrected chi connectivity index (χ4v) is 1.69. The predicted octanol–water partition coefficient (Wildman–Crippen LogP) is 1.84. The summed E-state index contributed by atoms with van der Waals surface area (Å²) in [6.07, 6.45) is -4.15. The quantitative estimate of drug-likeness (QED) is 0.774. The average Bonchev–Trinajstić information content (AvgIpc) is 2.77. The van der Waals surface area contributed by atoms with Gasteiger partial charge >= 0.3 is 12.2 Å². The predicted molar refractivity (Wildman–Crippen MR) is 62.8 cm³/mol. The van der Waals surface area contributed by atoms with Gasteiger partial charge in [-0.2, -0.15) is 13.2 Å². The fraction of sp³-hybridized carbons (Fsp3) is 0.667. The number of carbonyl (C=O) groups is 1. The number of aliphatic hydroxyl groups is 1. The van der Waals surface area contributed by atoms with E-state index in [-0.39, 0.29) is 23.0 Å². The summed E-state index contributed by atoms with van der Waals surface area (Å²) >= 11 is 0.244. The molecule has 2 amide bonds. The van der Waals surface area contributed by atoms with Crippen LogP contribution in [0.25, 0.3) is 0 Å². The van der Waals surface area contributed by atoms with E-state index in [0.717, 1.165) is 0 Å². The second-order valence-corrected chi connectivity index (χ2v) is 4.62. The largest absolute Gasteiger partial charge is 0.445 e. The van der Waals surface area contributed by atoms with E-state index in [4.69, 9.17) is 0 Å². The molecule has 1 unspecified atom stereocenters. The Labute approximate surface area is 111 Å². The number of nitrogens with zero attached hydrogens (tertiary/aromatic N) is 2. The first-order valence-electron chi connectivity index (χ1n) is 5.46. The lowest BCUT2D eigenvalue weighted by molar-refractivity contribution is -0.138. The molecule has 3 N–H and O–H groups in total. The summed E-state index contributed by atoms with van der Waals surface area (Å²) in [6.45, 7) is 2.01. The summed E-state index contributed by atoms with van der Waals surface area (Å²) in [6, 6.07) is -0.687. The van der Waals surface area contributed by atoms with Gasteiger partial charge in [-0.05, 0) is 12.8 Å². The third kappa shape index (κ3) is 5.39. The number of aromatic nitrogens is 2. The van der Waals surface area contributed by atoms with Gasteiger partial charge in [0.25, 0.3) is 0 Å². The molecule has 0 saturated heterocycles. The number of hydrogen-bond donors (Lipinski definition) is 3. The van der Waals surface area contributed by atoms with E-state index in [1.807, 2.05) is 0 Å². The van der Waals surface area contributed by atoms with Crippen LogP contribution in [0.2, 0.25) is 0 Å². The van der Waals surface area contributed by atoms with Crippen LogP contribution in [0.5, 0.6) is 0 Å². The van der Waals surface area contributed by atoms with Crippen molar-refractivity contribution in [3.05, 3.63) is 5.01 Å². The van der Waals surface area contributed by atoms with Gasteiger partial charge in [0.05, 0.1) is 6.10 Å². The summed E-state index contributed by atoms with van der Waals surface area (Å²) in [5.41, 5.74) is 0. The molecule has 1 atom stereocenters. The Balaban J connectivity index is 2.38. The van der Waals surface area contributed by atoms with E-state index in [0.29, 0.717) is 12.8 Å². The van der Waals surface area contributed by atoms with E-state index in [1.165, 1.54) is 0 Å². The number of carbonyl (C=O) groups excluding carboxylic acids is 1. The van der Waals surface area contributed by atoms with Crippen molar-refractivity contribution >= 4 is 22.5 Å². The molecule has 10 heteroatoms. The molecule has 1 rings (SSSR count). The number of anilines is 1. The molecule has 0 radical (unpaired) electrons. The van der Waals surface area contributed by atoms with Crippen molar-refractivity contribution in [1.29, 1.82) is 0 Å². The minimum absolute atomic E-state index is 0.214. The van der Waals surface area contributed by atoms with E-state index in [1.54, 1.807) is 6.92 Å². The Kier molecular flexibility index (Phi) is 5.48. The highest BCUT2D eigenvalue weighted by Gasteiger charge is 2.35. The van der Waals surface area contributed by atoms with Gasteiger partial charge in [-0.15, -0.1) is 10.2 Å². The van der Waals surface area contributed by atoms with Gasteiger partial charge in [-0.25, -0.2) is 4.79 Å². The minimum atomic E-state index is -4.57. The summed E-state index contributed by atoms with van der Waals surface area (Å²) in [7, 11) is 0. The van der Waals surface area contributed by atoms with Crippen molar-refractivity contribution in [3.8, 4) is 0 Å². The molecule has 0 spiro atoms. The molecule has 0 saturated carbocycles. The van der Waals surface area contributed by atoms with E-state index < -0.39 is 23.3 Å². The maximum absolute atomic E-state index is 12.2. The zero-order chi connectivity index (χ0) is 14.5. The van der Waals surface area contributed by atoms with Gasteiger partial charge in [0.1, 0.15) is 0 Å². The van der Waals surface area contributed by atoms with Crippen LogP contribution in [0.15, 0.2) is 0 Å². The van der Waals surface area contributed by atoms with Crippen LogP contribution in [0, 0.1) is 0 Å². The van der Waals surface area contributed by atoms with Crippen LogP contribution in [-0.4, -0.2) is 34.0 Å². The van der Waals surface area contributed by atoms with Gasteiger partial charge in [0, 0.05) is 6.54 Å². The number of rotatable bonds is 5. The lowest BCUT2D eigenvalue weighted by atomic mass is 10.2.